The Morgan fingerprint density at radius 3 is 2.79 bits per heavy atom. The zero-order valence-corrected chi connectivity index (χ0v) is 10.6. The molecule has 0 aliphatic carbocycles. The highest BCUT2D eigenvalue weighted by Gasteiger charge is 2.11. The molecule has 0 unspecified atom stereocenters. The Morgan fingerprint density at radius 2 is 2.11 bits per heavy atom. The summed E-state index contributed by atoms with van der Waals surface area (Å²) in [7, 11) is 0. The van der Waals surface area contributed by atoms with Crippen LogP contribution < -0.4 is 16.4 Å². The molecule has 0 aliphatic rings. The summed E-state index contributed by atoms with van der Waals surface area (Å²) in [4.78, 5) is 26.1. The van der Waals surface area contributed by atoms with Gasteiger partial charge < -0.3 is 21.4 Å². The topological polar surface area (TPSA) is 100 Å². The van der Waals surface area contributed by atoms with Crippen molar-refractivity contribution in [2.75, 3.05) is 18.8 Å². The minimum absolute atomic E-state index is 0.0441. The molecule has 1 aromatic heterocycles. The zero-order valence-electron chi connectivity index (χ0n) is 10.6. The zero-order chi connectivity index (χ0) is 13.8. The first-order valence-electron chi connectivity index (χ1n) is 6.04. The van der Waals surface area contributed by atoms with E-state index in [-0.39, 0.29) is 18.4 Å². The summed E-state index contributed by atoms with van der Waals surface area (Å²) in [6, 6.07) is 7.15. The Morgan fingerprint density at radius 1 is 1.32 bits per heavy atom. The molecule has 0 aliphatic heterocycles. The number of rotatable bonds is 4. The van der Waals surface area contributed by atoms with Crippen LogP contribution in [0.3, 0.4) is 0 Å². The largest absolute Gasteiger partial charge is 0.397 e. The molecular formula is C13H16N4O2. The van der Waals surface area contributed by atoms with Crippen molar-refractivity contribution in [1.29, 1.82) is 0 Å². The number of aromatic nitrogens is 1. The third-order valence-corrected chi connectivity index (χ3v) is 2.72. The number of carbonyl (C=O) groups is 2. The molecule has 6 heteroatoms. The van der Waals surface area contributed by atoms with Crippen molar-refractivity contribution in [1.82, 2.24) is 15.6 Å². The number of benzene rings is 1. The van der Waals surface area contributed by atoms with Crippen LogP contribution in [0.1, 0.15) is 17.4 Å². The Kier molecular flexibility index (Phi) is 3.70. The van der Waals surface area contributed by atoms with Crippen molar-refractivity contribution < 1.29 is 9.59 Å². The number of hydrogen-bond donors (Lipinski definition) is 4. The maximum atomic E-state index is 11.9. The molecule has 100 valence electrons. The van der Waals surface area contributed by atoms with Crippen LogP contribution in [0.25, 0.3) is 10.9 Å². The normalized spacial score (nSPS) is 10.4. The molecule has 0 bridgehead atoms. The molecule has 2 aromatic rings. The van der Waals surface area contributed by atoms with Gasteiger partial charge >= 0.3 is 0 Å². The molecule has 0 fully saturated rings. The van der Waals surface area contributed by atoms with Crippen molar-refractivity contribution in [3.63, 3.8) is 0 Å². The van der Waals surface area contributed by atoms with Gasteiger partial charge in [0.05, 0.1) is 17.7 Å². The van der Waals surface area contributed by atoms with Gasteiger partial charge in [-0.3, -0.25) is 9.59 Å². The molecule has 0 saturated carbocycles. The fourth-order valence-electron chi connectivity index (χ4n) is 1.82. The summed E-state index contributed by atoms with van der Waals surface area (Å²) in [5, 5.41) is 6.01. The third kappa shape index (κ3) is 2.85. The summed E-state index contributed by atoms with van der Waals surface area (Å²) in [5.41, 5.74) is 7.50. The highest BCUT2D eigenvalue weighted by molar-refractivity contribution is 6.01. The van der Waals surface area contributed by atoms with E-state index in [1.54, 1.807) is 12.1 Å². The van der Waals surface area contributed by atoms with E-state index in [2.05, 4.69) is 15.6 Å². The Balaban J connectivity index is 2.09. The average molecular weight is 260 g/mol. The first kappa shape index (κ1) is 12.9. The van der Waals surface area contributed by atoms with Crippen LogP contribution in [0.5, 0.6) is 0 Å². The van der Waals surface area contributed by atoms with E-state index >= 15 is 0 Å². The number of para-hydroxylation sites is 1. The first-order chi connectivity index (χ1) is 9.11. The molecule has 6 nitrogen and oxygen atoms in total. The summed E-state index contributed by atoms with van der Waals surface area (Å²) >= 11 is 0. The fraction of sp³-hybridized carbons (Fsp3) is 0.231. The number of amides is 2. The minimum atomic E-state index is -0.332. The molecule has 2 rings (SSSR count). The van der Waals surface area contributed by atoms with E-state index in [1.807, 2.05) is 19.1 Å². The second kappa shape index (κ2) is 5.43. The number of nitrogens with two attached hydrogens (primary N) is 1. The standard InChI is InChI=1S/C13H16N4O2/c1-2-15-11(18)7-16-13(19)10-6-8-4-3-5-9(14)12(8)17-10/h3-6,17H,2,7,14H2,1H3,(H,15,18)(H,16,19). The van der Waals surface area contributed by atoms with Crippen LogP contribution in [-0.4, -0.2) is 29.9 Å². The fourth-order valence-corrected chi connectivity index (χ4v) is 1.82. The second-order valence-corrected chi connectivity index (χ2v) is 4.13. The molecule has 0 radical (unpaired) electrons. The van der Waals surface area contributed by atoms with Crippen molar-refractivity contribution >= 4 is 28.4 Å². The summed E-state index contributed by atoms with van der Waals surface area (Å²) in [6.07, 6.45) is 0. The SMILES string of the molecule is CCNC(=O)CNC(=O)c1cc2cccc(N)c2[nH]1. The van der Waals surface area contributed by atoms with E-state index in [9.17, 15) is 9.59 Å². The number of fused-ring (bicyclic) bond motifs is 1. The lowest BCUT2D eigenvalue weighted by atomic mass is 10.2. The quantitative estimate of drug-likeness (QED) is 0.606. The van der Waals surface area contributed by atoms with Crippen molar-refractivity contribution in [3.05, 3.63) is 30.0 Å². The number of likely N-dealkylation sites (N-methyl/N-ethyl adjacent to an activating group) is 1. The number of nitrogens with one attached hydrogen (secondary N) is 3. The van der Waals surface area contributed by atoms with Crippen molar-refractivity contribution in [3.8, 4) is 0 Å². The Bertz CT molecular complexity index is 618. The monoisotopic (exact) mass is 260 g/mol. The van der Waals surface area contributed by atoms with Gasteiger partial charge in [-0.15, -0.1) is 0 Å². The van der Waals surface area contributed by atoms with Crippen LogP contribution in [0.4, 0.5) is 5.69 Å². The predicted molar refractivity (Wildman–Crippen MR) is 73.7 cm³/mol. The minimum Gasteiger partial charge on any atom is -0.397 e. The van der Waals surface area contributed by atoms with E-state index in [0.717, 1.165) is 10.9 Å². The van der Waals surface area contributed by atoms with Gasteiger partial charge in [0.1, 0.15) is 5.69 Å². The van der Waals surface area contributed by atoms with Gasteiger partial charge in [0.2, 0.25) is 5.91 Å². The van der Waals surface area contributed by atoms with E-state index in [0.29, 0.717) is 17.9 Å². The molecule has 0 saturated heterocycles. The maximum Gasteiger partial charge on any atom is 0.268 e. The van der Waals surface area contributed by atoms with Crippen molar-refractivity contribution in [2.45, 2.75) is 6.92 Å². The number of anilines is 1. The molecule has 2 amide bonds. The molecule has 0 spiro atoms. The molecule has 19 heavy (non-hydrogen) atoms. The van der Waals surface area contributed by atoms with Crippen LogP contribution in [0, 0.1) is 0 Å². The highest BCUT2D eigenvalue weighted by atomic mass is 16.2. The third-order valence-electron chi connectivity index (χ3n) is 2.72. The number of carbonyl (C=O) groups excluding carboxylic acids is 2. The van der Waals surface area contributed by atoms with E-state index in [1.165, 1.54) is 0 Å². The van der Waals surface area contributed by atoms with Crippen LogP contribution in [-0.2, 0) is 4.79 Å². The summed E-state index contributed by atoms with van der Waals surface area (Å²) in [6.45, 7) is 2.31. The molecule has 5 N–H and O–H groups in total. The second-order valence-electron chi connectivity index (χ2n) is 4.13. The number of H-pyrrole nitrogens is 1. The maximum absolute atomic E-state index is 11.9. The molecule has 0 atom stereocenters. The van der Waals surface area contributed by atoms with Gasteiger partial charge in [0.25, 0.3) is 5.91 Å². The van der Waals surface area contributed by atoms with Gasteiger partial charge in [0, 0.05) is 11.9 Å². The number of nitrogen functional groups attached to an aromatic ring is 1. The predicted octanol–water partition coefficient (Wildman–Crippen LogP) is 0.616. The first-order valence-corrected chi connectivity index (χ1v) is 6.04. The lowest BCUT2D eigenvalue weighted by Crippen LogP contribution is -2.36. The lowest BCUT2D eigenvalue weighted by molar-refractivity contribution is -0.120. The molecular weight excluding hydrogens is 244 g/mol. The summed E-state index contributed by atoms with van der Waals surface area (Å²) < 4.78 is 0. The van der Waals surface area contributed by atoms with Crippen LogP contribution in [0.2, 0.25) is 0 Å². The number of aromatic amines is 1. The smallest absolute Gasteiger partial charge is 0.268 e. The molecule has 1 aromatic carbocycles. The average Bonchev–Trinajstić information content (AvgIpc) is 2.82. The van der Waals surface area contributed by atoms with Crippen molar-refractivity contribution in [2.24, 2.45) is 0 Å². The Labute approximate surface area is 110 Å². The lowest BCUT2D eigenvalue weighted by Gasteiger charge is -2.03. The van der Waals surface area contributed by atoms with Gasteiger partial charge in [-0.05, 0) is 19.1 Å². The molecule has 1 heterocycles. The van der Waals surface area contributed by atoms with E-state index in [4.69, 9.17) is 5.73 Å². The number of hydrogen-bond acceptors (Lipinski definition) is 3. The van der Waals surface area contributed by atoms with Gasteiger partial charge in [-0.2, -0.15) is 0 Å². The van der Waals surface area contributed by atoms with Crippen LogP contribution >= 0.6 is 0 Å². The van der Waals surface area contributed by atoms with Crippen LogP contribution in [0.15, 0.2) is 24.3 Å². The Hall–Kier alpha value is -2.50. The van der Waals surface area contributed by atoms with Gasteiger partial charge in [0.15, 0.2) is 0 Å². The highest BCUT2D eigenvalue weighted by Crippen LogP contribution is 2.20. The van der Waals surface area contributed by atoms with Gasteiger partial charge in [-0.25, -0.2) is 0 Å². The van der Waals surface area contributed by atoms with E-state index < -0.39 is 0 Å². The van der Waals surface area contributed by atoms with Gasteiger partial charge in [-0.1, -0.05) is 12.1 Å². The summed E-state index contributed by atoms with van der Waals surface area (Å²) in [5.74, 6) is -0.548.